The Hall–Kier alpha value is -3.77. The Morgan fingerprint density at radius 1 is 0.971 bits per heavy atom. The number of hydrogen-bond donors (Lipinski definition) is 1. The van der Waals surface area contributed by atoms with Crippen molar-refractivity contribution >= 4 is 17.0 Å². The molecule has 0 aliphatic carbocycles. The Morgan fingerprint density at radius 2 is 1.57 bits per heavy atom. The van der Waals surface area contributed by atoms with E-state index in [2.05, 4.69) is 58.4 Å². The minimum atomic E-state index is -1.29. The monoisotopic (exact) mass is 467 g/mol. The molecule has 1 aliphatic heterocycles. The largest absolute Gasteiger partial charge is 0.476 e. The van der Waals surface area contributed by atoms with Crippen molar-refractivity contribution in [2.45, 2.75) is 44.3 Å². The highest BCUT2D eigenvalue weighted by Gasteiger charge is 2.34. The maximum Gasteiger partial charge on any atom is 0.360 e. The molecule has 35 heavy (non-hydrogen) atoms. The van der Waals surface area contributed by atoms with Crippen LogP contribution in [-0.4, -0.2) is 38.1 Å². The van der Waals surface area contributed by atoms with Gasteiger partial charge in [-0.05, 0) is 56.0 Å². The standard InChI is InChI=1S/C29H29N3O3/c1-20(32-25-17-9-8-16-24(25)30-26(28(32)33)29(34)35)19-23-15-10-18-31(23)27(21-11-4-2-5-12-21)22-13-6-3-7-14-22/h2-9,11-14,16-17,20,23,27H,10,15,18-19H2,1H3,(H,34,35)/t20-,23-/m0/s1. The van der Waals surface area contributed by atoms with Crippen LogP contribution < -0.4 is 5.56 Å². The van der Waals surface area contributed by atoms with Crippen molar-refractivity contribution in [3.05, 3.63) is 112 Å². The van der Waals surface area contributed by atoms with Crippen LogP contribution in [0.5, 0.6) is 0 Å². The SMILES string of the molecule is C[C@@H](C[C@@H]1CCCN1C(c1ccccc1)c1ccccc1)n1c(=O)c(C(=O)O)nc2ccccc21. The highest BCUT2D eigenvalue weighted by molar-refractivity contribution is 5.88. The van der Waals surface area contributed by atoms with E-state index in [1.54, 1.807) is 10.6 Å². The Labute approximate surface area is 204 Å². The predicted octanol–water partition coefficient (Wildman–Crippen LogP) is 5.30. The summed E-state index contributed by atoms with van der Waals surface area (Å²) in [5, 5.41) is 9.60. The first kappa shape index (κ1) is 23.0. The Balaban J connectivity index is 1.52. The van der Waals surface area contributed by atoms with Crippen LogP contribution >= 0.6 is 0 Å². The number of aromatic nitrogens is 2. The zero-order valence-electron chi connectivity index (χ0n) is 19.7. The summed E-state index contributed by atoms with van der Waals surface area (Å²) >= 11 is 0. The molecule has 1 aromatic heterocycles. The molecule has 2 heterocycles. The Bertz CT molecular complexity index is 1350. The summed E-state index contributed by atoms with van der Waals surface area (Å²) in [4.78, 5) is 31.6. The second-order valence-electron chi connectivity index (χ2n) is 9.27. The summed E-state index contributed by atoms with van der Waals surface area (Å²) < 4.78 is 1.63. The average Bonchev–Trinajstić information content (AvgIpc) is 3.32. The molecule has 0 bridgehead atoms. The van der Waals surface area contributed by atoms with Crippen LogP contribution in [-0.2, 0) is 0 Å². The minimum Gasteiger partial charge on any atom is -0.476 e. The van der Waals surface area contributed by atoms with Gasteiger partial charge in [0.2, 0.25) is 5.69 Å². The number of aromatic carboxylic acids is 1. The first-order chi connectivity index (χ1) is 17.0. The van der Waals surface area contributed by atoms with Gasteiger partial charge in [-0.25, -0.2) is 9.78 Å². The lowest BCUT2D eigenvalue weighted by molar-refractivity contribution is 0.0687. The number of carboxylic acids is 1. The molecule has 0 spiro atoms. The van der Waals surface area contributed by atoms with E-state index in [-0.39, 0.29) is 18.1 Å². The molecule has 1 N–H and O–H groups in total. The van der Waals surface area contributed by atoms with Crippen LogP contribution in [0.15, 0.2) is 89.7 Å². The fourth-order valence-electron chi connectivity index (χ4n) is 5.53. The van der Waals surface area contributed by atoms with Crippen LogP contribution in [0.4, 0.5) is 0 Å². The van der Waals surface area contributed by atoms with Crippen molar-refractivity contribution in [2.24, 2.45) is 0 Å². The van der Waals surface area contributed by atoms with E-state index in [1.807, 2.05) is 37.3 Å². The van der Waals surface area contributed by atoms with Gasteiger partial charge >= 0.3 is 5.97 Å². The fraction of sp³-hybridized carbons (Fsp3) is 0.276. The van der Waals surface area contributed by atoms with Crippen LogP contribution in [0.1, 0.15) is 59.9 Å². The lowest BCUT2D eigenvalue weighted by Crippen LogP contribution is -2.37. The Kier molecular flexibility index (Phi) is 6.47. The van der Waals surface area contributed by atoms with E-state index >= 15 is 0 Å². The highest BCUT2D eigenvalue weighted by atomic mass is 16.4. The number of nitrogens with zero attached hydrogens (tertiary/aromatic N) is 3. The molecule has 4 aromatic rings. The van der Waals surface area contributed by atoms with Gasteiger partial charge in [0, 0.05) is 12.1 Å². The van der Waals surface area contributed by atoms with Crippen LogP contribution in [0.25, 0.3) is 11.0 Å². The van der Waals surface area contributed by atoms with Crippen molar-refractivity contribution in [1.82, 2.24) is 14.5 Å². The number of carbonyl (C=O) groups is 1. The quantitative estimate of drug-likeness (QED) is 0.399. The summed E-state index contributed by atoms with van der Waals surface area (Å²) in [6.45, 7) is 2.98. The number of hydrogen-bond acceptors (Lipinski definition) is 4. The molecule has 5 rings (SSSR count). The van der Waals surface area contributed by atoms with Gasteiger partial charge in [0.1, 0.15) is 0 Å². The van der Waals surface area contributed by atoms with Gasteiger partial charge in [0.05, 0.1) is 17.1 Å². The van der Waals surface area contributed by atoms with Crippen molar-refractivity contribution in [3.8, 4) is 0 Å². The maximum atomic E-state index is 13.2. The molecule has 3 aromatic carbocycles. The number of benzene rings is 3. The van der Waals surface area contributed by atoms with Crippen molar-refractivity contribution < 1.29 is 9.90 Å². The van der Waals surface area contributed by atoms with Gasteiger partial charge in [-0.15, -0.1) is 0 Å². The van der Waals surface area contributed by atoms with Crippen LogP contribution in [0.3, 0.4) is 0 Å². The average molecular weight is 468 g/mol. The molecule has 6 nitrogen and oxygen atoms in total. The molecule has 178 valence electrons. The highest BCUT2D eigenvalue weighted by Crippen LogP contribution is 2.37. The van der Waals surface area contributed by atoms with Gasteiger partial charge in [0.15, 0.2) is 0 Å². The molecule has 0 amide bonds. The second-order valence-corrected chi connectivity index (χ2v) is 9.27. The van der Waals surface area contributed by atoms with Gasteiger partial charge < -0.3 is 9.67 Å². The maximum absolute atomic E-state index is 13.2. The summed E-state index contributed by atoms with van der Waals surface area (Å²) in [6.07, 6.45) is 2.85. The molecule has 6 heteroatoms. The minimum absolute atomic E-state index is 0.123. The second kappa shape index (κ2) is 9.84. The zero-order valence-corrected chi connectivity index (χ0v) is 19.7. The molecule has 0 unspecified atom stereocenters. The lowest BCUT2D eigenvalue weighted by atomic mass is 9.95. The zero-order chi connectivity index (χ0) is 24.4. The van der Waals surface area contributed by atoms with Gasteiger partial charge in [-0.2, -0.15) is 0 Å². The summed E-state index contributed by atoms with van der Waals surface area (Å²) in [5.41, 5.74) is 2.71. The number of likely N-dealkylation sites (tertiary alicyclic amines) is 1. The van der Waals surface area contributed by atoms with Gasteiger partial charge in [-0.1, -0.05) is 72.8 Å². The molecule has 1 aliphatic rings. The van der Waals surface area contributed by atoms with Crippen LogP contribution in [0.2, 0.25) is 0 Å². The predicted molar refractivity (Wildman–Crippen MR) is 137 cm³/mol. The van der Waals surface area contributed by atoms with Crippen molar-refractivity contribution in [1.29, 1.82) is 0 Å². The van der Waals surface area contributed by atoms with E-state index in [4.69, 9.17) is 0 Å². The third kappa shape index (κ3) is 4.49. The van der Waals surface area contributed by atoms with Gasteiger partial charge in [-0.3, -0.25) is 9.69 Å². The Morgan fingerprint density at radius 3 is 2.20 bits per heavy atom. The van der Waals surface area contributed by atoms with Crippen molar-refractivity contribution in [2.75, 3.05) is 6.54 Å². The third-order valence-corrected chi connectivity index (χ3v) is 7.04. The van der Waals surface area contributed by atoms with Gasteiger partial charge in [0.25, 0.3) is 5.56 Å². The molecular weight excluding hydrogens is 438 g/mol. The number of carboxylic acid groups (broad SMARTS) is 1. The first-order valence-corrected chi connectivity index (χ1v) is 12.1. The molecular formula is C29H29N3O3. The van der Waals surface area contributed by atoms with E-state index in [0.717, 1.165) is 25.8 Å². The number of fused-ring (bicyclic) bond motifs is 1. The molecule has 1 saturated heterocycles. The smallest absolute Gasteiger partial charge is 0.360 e. The van der Waals surface area contributed by atoms with Crippen molar-refractivity contribution in [3.63, 3.8) is 0 Å². The fourth-order valence-corrected chi connectivity index (χ4v) is 5.53. The molecule has 2 atom stereocenters. The summed E-state index contributed by atoms with van der Waals surface area (Å²) in [5.74, 6) is -1.29. The van der Waals surface area contributed by atoms with E-state index in [1.165, 1.54) is 11.1 Å². The van der Waals surface area contributed by atoms with Crippen LogP contribution in [0, 0.1) is 0 Å². The molecule has 0 radical (unpaired) electrons. The normalized spacial score (nSPS) is 17.1. The topological polar surface area (TPSA) is 75.4 Å². The molecule has 1 fully saturated rings. The van der Waals surface area contributed by atoms with E-state index in [0.29, 0.717) is 11.0 Å². The number of para-hydroxylation sites is 2. The number of rotatable bonds is 7. The third-order valence-electron chi connectivity index (χ3n) is 7.04. The molecule has 0 saturated carbocycles. The summed E-state index contributed by atoms with van der Waals surface area (Å²) in [7, 11) is 0. The summed E-state index contributed by atoms with van der Waals surface area (Å²) in [6, 6.07) is 28.5. The van der Waals surface area contributed by atoms with E-state index in [9.17, 15) is 14.7 Å². The lowest BCUT2D eigenvalue weighted by Gasteiger charge is -2.35. The van der Waals surface area contributed by atoms with E-state index < -0.39 is 17.2 Å². The first-order valence-electron chi connectivity index (χ1n) is 12.1.